The second kappa shape index (κ2) is 5.73. The highest BCUT2D eigenvalue weighted by Crippen LogP contribution is 2.34. The van der Waals surface area contributed by atoms with Crippen LogP contribution in [0.25, 0.3) is 6.08 Å². The van der Waals surface area contributed by atoms with Crippen molar-refractivity contribution in [1.29, 1.82) is 0 Å². The molecule has 0 heterocycles. The van der Waals surface area contributed by atoms with E-state index in [1.54, 1.807) is 0 Å². The molecule has 0 fully saturated rings. The zero-order valence-electron chi connectivity index (χ0n) is 12.9. The average Bonchev–Trinajstić information content (AvgIpc) is 2.73. The first kappa shape index (κ1) is 13.8. The highest BCUT2D eigenvalue weighted by Gasteiger charge is 2.20. The fraction of sp³-hybridized carbons (Fsp3) is 0.333. The smallest absolute Gasteiger partial charge is 0.0801 e. The molecule has 7 rings (SSSR count). The lowest BCUT2D eigenvalue weighted by Gasteiger charge is -2.21. The minimum absolute atomic E-state index is 0.316. The molecule has 0 spiro atoms. The Balaban J connectivity index is 1.85. The SMILES string of the molecule is O[C@H]1CCC=Cc2c3ccc(c21)CCc1ccc(cc1)CC3. The first-order valence-corrected chi connectivity index (χ1v) is 8.38. The predicted molar refractivity (Wildman–Crippen MR) is 90.9 cm³/mol. The molecule has 0 unspecified atom stereocenters. The maximum absolute atomic E-state index is 10.6. The molecule has 112 valence electrons. The van der Waals surface area contributed by atoms with Crippen molar-refractivity contribution in [3.05, 3.63) is 75.9 Å². The number of hydrogen-bond donors (Lipinski definition) is 1. The van der Waals surface area contributed by atoms with Crippen LogP contribution in [0.2, 0.25) is 0 Å². The summed E-state index contributed by atoms with van der Waals surface area (Å²) in [6, 6.07) is 13.6. The molecular weight excluding hydrogens is 268 g/mol. The maximum atomic E-state index is 10.6. The molecule has 5 aliphatic carbocycles. The minimum Gasteiger partial charge on any atom is -0.388 e. The number of hydrogen-bond acceptors (Lipinski definition) is 1. The second-order valence-corrected chi connectivity index (χ2v) is 6.52. The molecule has 1 atom stereocenters. The van der Waals surface area contributed by atoms with Crippen LogP contribution in [0.15, 0.2) is 42.5 Å². The number of allylic oxidation sites excluding steroid dienone is 1. The van der Waals surface area contributed by atoms with Gasteiger partial charge in [-0.3, -0.25) is 0 Å². The van der Waals surface area contributed by atoms with Gasteiger partial charge in [-0.1, -0.05) is 48.6 Å². The monoisotopic (exact) mass is 290 g/mol. The third kappa shape index (κ3) is 2.50. The van der Waals surface area contributed by atoms with E-state index in [0.29, 0.717) is 0 Å². The van der Waals surface area contributed by atoms with Gasteiger partial charge in [-0.05, 0) is 71.9 Å². The summed E-state index contributed by atoms with van der Waals surface area (Å²) in [4.78, 5) is 0. The quantitative estimate of drug-likeness (QED) is 0.762. The van der Waals surface area contributed by atoms with Gasteiger partial charge in [0.1, 0.15) is 0 Å². The Labute approximate surface area is 132 Å². The van der Waals surface area contributed by atoms with Crippen LogP contribution < -0.4 is 0 Å². The molecule has 0 saturated carbocycles. The van der Waals surface area contributed by atoms with Gasteiger partial charge < -0.3 is 5.11 Å². The third-order valence-corrected chi connectivity index (χ3v) is 5.08. The third-order valence-electron chi connectivity index (χ3n) is 5.08. The van der Waals surface area contributed by atoms with Gasteiger partial charge in [0, 0.05) is 0 Å². The van der Waals surface area contributed by atoms with Gasteiger partial charge in [-0.2, -0.15) is 0 Å². The topological polar surface area (TPSA) is 20.2 Å². The summed E-state index contributed by atoms with van der Waals surface area (Å²) in [7, 11) is 0. The highest BCUT2D eigenvalue weighted by molar-refractivity contribution is 5.62. The molecule has 22 heavy (non-hydrogen) atoms. The molecule has 0 radical (unpaired) electrons. The van der Waals surface area contributed by atoms with E-state index in [9.17, 15) is 5.11 Å². The van der Waals surface area contributed by atoms with E-state index in [4.69, 9.17) is 0 Å². The summed E-state index contributed by atoms with van der Waals surface area (Å²) in [6.45, 7) is 0. The van der Waals surface area contributed by atoms with Crippen molar-refractivity contribution in [2.75, 3.05) is 0 Å². The summed E-state index contributed by atoms with van der Waals surface area (Å²) in [6.07, 6.45) is 10.1. The van der Waals surface area contributed by atoms with Crippen LogP contribution in [-0.4, -0.2) is 5.11 Å². The van der Waals surface area contributed by atoms with E-state index in [1.807, 2.05) is 0 Å². The first-order chi connectivity index (χ1) is 10.8. The van der Waals surface area contributed by atoms with Crippen molar-refractivity contribution in [1.82, 2.24) is 0 Å². The number of rotatable bonds is 0. The number of benzene rings is 2. The Hall–Kier alpha value is -1.86. The van der Waals surface area contributed by atoms with Crippen LogP contribution in [0.3, 0.4) is 0 Å². The van der Waals surface area contributed by atoms with E-state index in [2.05, 4.69) is 48.6 Å². The largest absolute Gasteiger partial charge is 0.388 e. The molecule has 5 aliphatic rings. The van der Waals surface area contributed by atoms with Crippen molar-refractivity contribution >= 4 is 6.08 Å². The number of aliphatic hydroxyl groups excluding tert-OH is 1. The zero-order valence-corrected chi connectivity index (χ0v) is 12.9. The maximum Gasteiger partial charge on any atom is 0.0801 e. The lowest BCUT2D eigenvalue weighted by molar-refractivity contribution is 0.168. The molecule has 4 bridgehead atoms. The summed E-state index contributed by atoms with van der Waals surface area (Å²) in [5.41, 5.74) is 7.97. The van der Waals surface area contributed by atoms with Crippen LogP contribution in [0.5, 0.6) is 0 Å². The highest BCUT2D eigenvalue weighted by atomic mass is 16.3. The van der Waals surface area contributed by atoms with Crippen molar-refractivity contribution in [2.24, 2.45) is 0 Å². The number of aliphatic hydroxyl groups is 1. The molecule has 0 amide bonds. The normalized spacial score (nSPS) is 20.1. The van der Waals surface area contributed by atoms with Gasteiger partial charge >= 0.3 is 0 Å². The molecule has 0 aliphatic heterocycles. The van der Waals surface area contributed by atoms with Crippen LogP contribution in [0.4, 0.5) is 0 Å². The summed E-state index contributed by atoms with van der Waals surface area (Å²) >= 11 is 0. The van der Waals surface area contributed by atoms with E-state index < -0.39 is 0 Å². The minimum atomic E-state index is -0.316. The Morgan fingerprint density at radius 3 is 2.14 bits per heavy atom. The lowest BCUT2D eigenvalue weighted by atomic mass is 9.86. The van der Waals surface area contributed by atoms with Crippen LogP contribution in [0.1, 0.15) is 52.3 Å². The van der Waals surface area contributed by atoms with Gasteiger partial charge in [0.2, 0.25) is 0 Å². The number of aryl methyl sites for hydroxylation is 4. The van der Waals surface area contributed by atoms with E-state index in [-0.39, 0.29) is 6.10 Å². The molecule has 1 heteroatoms. The summed E-state index contributed by atoms with van der Waals surface area (Å²) in [5.74, 6) is 0. The Kier molecular flexibility index (Phi) is 3.59. The second-order valence-electron chi connectivity index (χ2n) is 6.52. The average molecular weight is 290 g/mol. The summed E-state index contributed by atoms with van der Waals surface area (Å²) in [5, 5.41) is 10.6. The van der Waals surface area contributed by atoms with Gasteiger partial charge in [0.25, 0.3) is 0 Å². The van der Waals surface area contributed by atoms with Crippen LogP contribution in [-0.2, 0) is 25.7 Å². The Morgan fingerprint density at radius 2 is 1.41 bits per heavy atom. The van der Waals surface area contributed by atoms with Gasteiger partial charge in [0.05, 0.1) is 6.10 Å². The van der Waals surface area contributed by atoms with Gasteiger partial charge in [-0.25, -0.2) is 0 Å². The fourth-order valence-electron chi connectivity index (χ4n) is 3.78. The van der Waals surface area contributed by atoms with Crippen molar-refractivity contribution in [2.45, 2.75) is 44.6 Å². The van der Waals surface area contributed by atoms with Crippen LogP contribution >= 0.6 is 0 Å². The Morgan fingerprint density at radius 1 is 0.773 bits per heavy atom. The first-order valence-electron chi connectivity index (χ1n) is 8.38. The lowest BCUT2D eigenvalue weighted by Crippen LogP contribution is -2.09. The van der Waals surface area contributed by atoms with Gasteiger partial charge in [0.15, 0.2) is 0 Å². The van der Waals surface area contributed by atoms with Crippen LogP contribution in [0, 0.1) is 0 Å². The molecule has 1 N–H and O–H groups in total. The Bertz CT molecular complexity index is 709. The zero-order chi connectivity index (χ0) is 14.9. The molecule has 0 saturated heterocycles. The van der Waals surface area contributed by atoms with Crippen molar-refractivity contribution < 1.29 is 5.11 Å². The predicted octanol–water partition coefficient (Wildman–Crippen LogP) is 4.41. The van der Waals surface area contributed by atoms with E-state index in [1.165, 1.54) is 33.4 Å². The fourth-order valence-corrected chi connectivity index (χ4v) is 3.78. The van der Waals surface area contributed by atoms with E-state index >= 15 is 0 Å². The van der Waals surface area contributed by atoms with Gasteiger partial charge in [-0.15, -0.1) is 0 Å². The van der Waals surface area contributed by atoms with E-state index in [0.717, 1.165) is 38.5 Å². The van der Waals surface area contributed by atoms with Crippen molar-refractivity contribution in [3.8, 4) is 0 Å². The molecule has 0 aromatic heterocycles. The van der Waals surface area contributed by atoms with Crippen molar-refractivity contribution in [3.63, 3.8) is 0 Å². The summed E-state index contributed by atoms with van der Waals surface area (Å²) < 4.78 is 0. The molecule has 1 nitrogen and oxygen atoms in total. The molecule has 2 aromatic rings. The molecular formula is C21H22O. The molecule has 2 aromatic carbocycles. The standard InChI is InChI=1S/C21H22O/c22-20-4-2-1-3-19-17-11-9-15-5-7-16(8-6-15)10-12-18(14-13-17)21(19)20/h1,3,5-8,13-14,20,22H,2,4,9-12H2/t20-/m0/s1.